The highest BCUT2D eigenvalue weighted by molar-refractivity contribution is 5.65. The molecule has 2 aromatic heterocycles. The first-order chi connectivity index (χ1) is 11.7. The summed E-state index contributed by atoms with van der Waals surface area (Å²) >= 11 is 0. The van der Waals surface area contributed by atoms with Crippen molar-refractivity contribution in [2.45, 2.75) is 0 Å². The second-order valence-corrected chi connectivity index (χ2v) is 5.17. The smallest absolute Gasteiger partial charge is 0.258 e. The van der Waals surface area contributed by atoms with Gasteiger partial charge in [0.25, 0.3) is 11.5 Å². The van der Waals surface area contributed by atoms with Gasteiger partial charge in [-0.05, 0) is 0 Å². The molecule has 2 aromatic carbocycles. The lowest BCUT2D eigenvalue weighted by Crippen LogP contribution is -1.98. The van der Waals surface area contributed by atoms with Gasteiger partial charge in [0, 0.05) is 23.3 Å². The summed E-state index contributed by atoms with van der Waals surface area (Å²) in [5.41, 5.74) is 3.01. The van der Waals surface area contributed by atoms with Gasteiger partial charge in [0.2, 0.25) is 0 Å². The summed E-state index contributed by atoms with van der Waals surface area (Å²) in [6.07, 6.45) is 3.29. The van der Waals surface area contributed by atoms with E-state index in [1.165, 1.54) is 12.1 Å². The minimum Gasteiger partial charge on any atom is -0.258 e. The van der Waals surface area contributed by atoms with Crippen molar-refractivity contribution in [3.8, 4) is 22.5 Å². The second kappa shape index (κ2) is 5.54. The van der Waals surface area contributed by atoms with E-state index in [2.05, 4.69) is 15.1 Å². The summed E-state index contributed by atoms with van der Waals surface area (Å²) in [6, 6.07) is 16.1. The Morgan fingerprint density at radius 3 is 2.54 bits per heavy atom. The lowest BCUT2D eigenvalue weighted by atomic mass is 10.1. The van der Waals surface area contributed by atoms with Crippen molar-refractivity contribution in [2.24, 2.45) is 0 Å². The van der Waals surface area contributed by atoms with Gasteiger partial charge in [-0.15, -0.1) is 0 Å². The molecule has 0 aliphatic heterocycles. The molecular formula is C17H11N5O2. The van der Waals surface area contributed by atoms with Crippen LogP contribution in [0.4, 0.5) is 5.69 Å². The average molecular weight is 317 g/mol. The van der Waals surface area contributed by atoms with Crippen molar-refractivity contribution in [3.63, 3.8) is 0 Å². The number of benzene rings is 2. The number of rotatable bonds is 3. The number of non-ortho nitro benzene ring substituents is 1. The Morgan fingerprint density at radius 1 is 0.958 bits per heavy atom. The van der Waals surface area contributed by atoms with E-state index >= 15 is 0 Å². The average Bonchev–Trinajstić information content (AvgIpc) is 3.05. The molecule has 0 spiro atoms. The number of aromatic nitrogens is 4. The minimum absolute atomic E-state index is 0.0162. The van der Waals surface area contributed by atoms with E-state index in [0.717, 1.165) is 11.3 Å². The van der Waals surface area contributed by atoms with Crippen LogP contribution < -0.4 is 0 Å². The molecule has 4 rings (SSSR count). The van der Waals surface area contributed by atoms with Crippen LogP contribution >= 0.6 is 0 Å². The Labute approximate surface area is 136 Å². The van der Waals surface area contributed by atoms with Crippen LogP contribution in [0, 0.1) is 10.1 Å². The van der Waals surface area contributed by atoms with E-state index in [4.69, 9.17) is 0 Å². The third kappa shape index (κ3) is 2.38. The molecule has 116 valence electrons. The number of imidazole rings is 1. The molecule has 7 nitrogen and oxygen atoms in total. The van der Waals surface area contributed by atoms with Gasteiger partial charge in [0.1, 0.15) is 0 Å². The van der Waals surface area contributed by atoms with Crippen molar-refractivity contribution in [1.29, 1.82) is 0 Å². The topological polar surface area (TPSA) is 86.2 Å². The normalized spacial score (nSPS) is 10.8. The third-order valence-corrected chi connectivity index (χ3v) is 3.66. The van der Waals surface area contributed by atoms with Gasteiger partial charge in [-0.1, -0.05) is 42.5 Å². The molecule has 0 unspecified atom stereocenters. The van der Waals surface area contributed by atoms with E-state index < -0.39 is 4.92 Å². The lowest BCUT2D eigenvalue weighted by Gasteiger charge is -2.03. The van der Waals surface area contributed by atoms with E-state index in [1.807, 2.05) is 30.3 Å². The van der Waals surface area contributed by atoms with E-state index in [-0.39, 0.29) is 5.69 Å². The summed E-state index contributed by atoms with van der Waals surface area (Å²) in [7, 11) is 0. The predicted octanol–water partition coefficient (Wildman–Crippen LogP) is 3.37. The van der Waals surface area contributed by atoms with Crippen LogP contribution in [0.25, 0.3) is 28.3 Å². The first kappa shape index (κ1) is 14.0. The Bertz CT molecular complexity index is 1040. The number of hydrogen-bond donors (Lipinski definition) is 0. The highest BCUT2D eigenvalue weighted by Crippen LogP contribution is 2.23. The molecule has 2 heterocycles. The summed E-state index contributed by atoms with van der Waals surface area (Å²) in [5.74, 6) is 0.442. The van der Waals surface area contributed by atoms with Crippen LogP contribution in [0.1, 0.15) is 0 Å². The molecule has 0 amide bonds. The van der Waals surface area contributed by atoms with Crippen LogP contribution in [-0.2, 0) is 0 Å². The van der Waals surface area contributed by atoms with Crippen molar-refractivity contribution >= 4 is 11.5 Å². The maximum absolute atomic E-state index is 10.9. The Hall–Kier alpha value is -3.61. The Kier molecular flexibility index (Phi) is 3.24. The molecule has 0 radical (unpaired) electrons. The van der Waals surface area contributed by atoms with Crippen molar-refractivity contribution in [2.75, 3.05) is 0 Å². The maximum Gasteiger partial charge on any atom is 0.270 e. The Balaban J connectivity index is 1.80. The molecule has 0 saturated heterocycles. The minimum atomic E-state index is -0.432. The molecule has 0 bridgehead atoms. The van der Waals surface area contributed by atoms with Gasteiger partial charge in [0.15, 0.2) is 0 Å². The molecule has 0 N–H and O–H groups in total. The van der Waals surface area contributed by atoms with Gasteiger partial charge in [-0.3, -0.25) is 10.1 Å². The summed E-state index contributed by atoms with van der Waals surface area (Å²) in [4.78, 5) is 19.2. The van der Waals surface area contributed by atoms with Gasteiger partial charge in [-0.2, -0.15) is 9.61 Å². The maximum atomic E-state index is 10.9. The fraction of sp³-hybridized carbons (Fsp3) is 0. The van der Waals surface area contributed by atoms with Gasteiger partial charge in [0.05, 0.1) is 28.7 Å². The quantitative estimate of drug-likeness (QED) is 0.427. The first-order valence-electron chi connectivity index (χ1n) is 7.23. The zero-order chi connectivity index (χ0) is 16.5. The first-order valence-corrected chi connectivity index (χ1v) is 7.23. The molecule has 0 aliphatic carbocycles. The zero-order valence-corrected chi connectivity index (χ0v) is 12.4. The number of nitrogens with zero attached hydrogens (tertiary/aromatic N) is 5. The highest BCUT2D eigenvalue weighted by Gasteiger charge is 2.12. The van der Waals surface area contributed by atoms with Crippen molar-refractivity contribution in [3.05, 3.63) is 77.1 Å². The summed E-state index contributed by atoms with van der Waals surface area (Å²) in [5, 5.41) is 15.3. The molecule has 0 aliphatic rings. The van der Waals surface area contributed by atoms with E-state index in [1.54, 1.807) is 29.0 Å². The Morgan fingerprint density at radius 2 is 1.75 bits per heavy atom. The second-order valence-electron chi connectivity index (χ2n) is 5.17. The largest absolute Gasteiger partial charge is 0.270 e. The third-order valence-electron chi connectivity index (χ3n) is 3.66. The van der Waals surface area contributed by atoms with Crippen LogP contribution in [0.3, 0.4) is 0 Å². The van der Waals surface area contributed by atoms with Gasteiger partial charge < -0.3 is 0 Å². The van der Waals surface area contributed by atoms with Crippen LogP contribution in [0.15, 0.2) is 67.0 Å². The molecule has 0 saturated carbocycles. The lowest BCUT2D eigenvalue weighted by molar-refractivity contribution is -0.384. The van der Waals surface area contributed by atoms with E-state index in [9.17, 15) is 10.1 Å². The number of nitro benzene ring substituents is 1. The number of hydrogen-bond acceptors (Lipinski definition) is 5. The monoisotopic (exact) mass is 317 g/mol. The summed E-state index contributed by atoms with van der Waals surface area (Å²) in [6.45, 7) is 0. The summed E-state index contributed by atoms with van der Waals surface area (Å²) < 4.78 is 1.65. The van der Waals surface area contributed by atoms with E-state index in [0.29, 0.717) is 17.0 Å². The van der Waals surface area contributed by atoms with Crippen molar-refractivity contribution < 1.29 is 4.92 Å². The number of fused-ring (bicyclic) bond motifs is 1. The SMILES string of the molecule is O=[N+]([O-])c1cccc(-c2cnn3c(-c4ccccc4)cnc3n2)c1. The molecule has 24 heavy (non-hydrogen) atoms. The van der Waals surface area contributed by atoms with Crippen molar-refractivity contribution in [1.82, 2.24) is 19.6 Å². The predicted molar refractivity (Wildman–Crippen MR) is 88.3 cm³/mol. The standard InChI is InChI=1S/C17H11N5O2/c23-22(24)14-8-4-7-13(9-14)15-10-19-21-16(11-18-17(21)20-15)12-5-2-1-3-6-12/h1-11H. The van der Waals surface area contributed by atoms with Crippen LogP contribution in [0.2, 0.25) is 0 Å². The number of nitro groups is 1. The fourth-order valence-electron chi connectivity index (χ4n) is 2.50. The zero-order valence-electron chi connectivity index (χ0n) is 12.4. The highest BCUT2D eigenvalue weighted by atomic mass is 16.6. The van der Waals surface area contributed by atoms with Crippen LogP contribution in [-0.4, -0.2) is 24.5 Å². The molecule has 0 fully saturated rings. The fourth-order valence-corrected chi connectivity index (χ4v) is 2.50. The molecular weight excluding hydrogens is 306 g/mol. The van der Waals surface area contributed by atoms with Gasteiger partial charge >= 0.3 is 0 Å². The molecule has 7 heteroatoms. The molecule has 0 atom stereocenters. The van der Waals surface area contributed by atoms with Gasteiger partial charge in [-0.25, -0.2) is 9.97 Å². The molecule has 4 aromatic rings. The van der Waals surface area contributed by atoms with Crippen LogP contribution in [0.5, 0.6) is 0 Å².